The molecule has 0 saturated carbocycles. The average Bonchev–Trinajstić information content (AvgIpc) is 2.92. The summed E-state index contributed by atoms with van der Waals surface area (Å²) in [6, 6.07) is 1.58. The van der Waals surface area contributed by atoms with Gasteiger partial charge in [0.25, 0.3) is 0 Å². The van der Waals surface area contributed by atoms with Crippen LogP contribution in [0.3, 0.4) is 0 Å². The van der Waals surface area contributed by atoms with Crippen LogP contribution in [0.15, 0.2) is 17.0 Å². The van der Waals surface area contributed by atoms with Crippen molar-refractivity contribution in [2.24, 2.45) is 0 Å². The minimum absolute atomic E-state index is 0.191. The third kappa shape index (κ3) is 3.88. The molecular formula is C12H13ClFNO4S2. The van der Waals surface area contributed by atoms with Crippen molar-refractivity contribution in [3.05, 3.63) is 28.5 Å². The Balaban J connectivity index is 2.24. The van der Waals surface area contributed by atoms with Crippen LogP contribution in [0.5, 0.6) is 0 Å². The molecule has 0 aromatic heterocycles. The van der Waals surface area contributed by atoms with Crippen molar-refractivity contribution < 1.29 is 22.7 Å². The predicted octanol–water partition coefficient (Wildman–Crippen LogP) is 2.35. The first-order chi connectivity index (χ1) is 9.81. The number of benzene rings is 1. The van der Waals surface area contributed by atoms with E-state index in [9.17, 15) is 17.6 Å². The number of thioether (sulfide) groups is 1. The van der Waals surface area contributed by atoms with Gasteiger partial charge in [0.2, 0.25) is 10.0 Å². The van der Waals surface area contributed by atoms with Crippen molar-refractivity contribution in [2.75, 3.05) is 12.3 Å². The summed E-state index contributed by atoms with van der Waals surface area (Å²) in [6.07, 6.45) is 1.96. The van der Waals surface area contributed by atoms with Crippen molar-refractivity contribution in [1.82, 2.24) is 4.72 Å². The summed E-state index contributed by atoms with van der Waals surface area (Å²) >= 11 is 7.19. The monoisotopic (exact) mass is 353 g/mol. The second kappa shape index (κ2) is 6.51. The number of aromatic carboxylic acids is 1. The Morgan fingerprint density at radius 1 is 1.52 bits per heavy atom. The van der Waals surface area contributed by atoms with Crippen LogP contribution in [0.25, 0.3) is 0 Å². The van der Waals surface area contributed by atoms with Crippen LogP contribution >= 0.6 is 23.4 Å². The minimum Gasteiger partial charge on any atom is -0.478 e. The molecule has 0 aliphatic carbocycles. The maximum Gasteiger partial charge on any atom is 0.337 e. The normalized spacial score (nSPS) is 18.9. The molecule has 1 aromatic rings. The molecule has 2 rings (SSSR count). The summed E-state index contributed by atoms with van der Waals surface area (Å²) in [5, 5.41) is 8.50. The average molecular weight is 354 g/mol. The van der Waals surface area contributed by atoms with Gasteiger partial charge in [-0.05, 0) is 30.7 Å². The van der Waals surface area contributed by atoms with E-state index in [1.165, 1.54) is 0 Å². The van der Waals surface area contributed by atoms with Gasteiger partial charge in [-0.1, -0.05) is 11.6 Å². The molecule has 1 aliphatic heterocycles. The number of sulfonamides is 1. The lowest BCUT2D eigenvalue weighted by molar-refractivity contribution is 0.0696. The molecule has 116 valence electrons. The van der Waals surface area contributed by atoms with Crippen molar-refractivity contribution in [1.29, 1.82) is 0 Å². The zero-order valence-electron chi connectivity index (χ0n) is 10.8. The van der Waals surface area contributed by atoms with E-state index >= 15 is 0 Å². The third-order valence-electron chi connectivity index (χ3n) is 3.07. The molecule has 0 amide bonds. The number of nitrogens with one attached hydrogen (secondary N) is 1. The zero-order chi connectivity index (χ0) is 15.6. The van der Waals surface area contributed by atoms with Crippen LogP contribution in [0.2, 0.25) is 5.02 Å². The standard InChI is InChI=1S/C12H13ClFNO4S2/c13-11-9(12(16)17)4-8(5-10(11)14)21(18,19)15-6-7-2-1-3-20-7/h4-5,7,15H,1-3,6H2,(H,16,17). The molecule has 1 atom stereocenters. The first-order valence-electron chi connectivity index (χ1n) is 6.15. The van der Waals surface area contributed by atoms with Crippen LogP contribution in [0, 0.1) is 5.82 Å². The molecule has 1 saturated heterocycles. The van der Waals surface area contributed by atoms with Crippen LogP contribution in [-0.2, 0) is 10.0 Å². The Hall–Kier alpha value is -0.830. The fourth-order valence-corrected chi connectivity index (χ4v) is 4.58. The highest BCUT2D eigenvalue weighted by Crippen LogP contribution is 2.27. The maximum absolute atomic E-state index is 13.6. The lowest BCUT2D eigenvalue weighted by Gasteiger charge is -2.12. The van der Waals surface area contributed by atoms with E-state index in [1.54, 1.807) is 11.8 Å². The van der Waals surface area contributed by atoms with Crippen molar-refractivity contribution in [3.8, 4) is 0 Å². The van der Waals surface area contributed by atoms with Gasteiger partial charge >= 0.3 is 5.97 Å². The predicted molar refractivity (Wildman–Crippen MR) is 79.0 cm³/mol. The van der Waals surface area contributed by atoms with Gasteiger partial charge in [-0.3, -0.25) is 0 Å². The van der Waals surface area contributed by atoms with E-state index < -0.39 is 37.3 Å². The lowest BCUT2D eigenvalue weighted by atomic mass is 10.2. The molecule has 0 radical (unpaired) electrons. The Kier molecular flexibility index (Phi) is 5.13. The summed E-state index contributed by atoms with van der Waals surface area (Å²) in [5.74, 6) is -1.57. The van der Waals surface area contributed by atoms with Gasteiger partial charge in [0.1, 0.15) is 5.82 Å². The van der Waals surface area contributed by atoms with Crippen LogP contribution in [0.1, 0.15) is 23.2 Å². The Labute approximate surface area is 130 Å². The smallest absolute Gasteiger partial charge is 0.337 e. The second-order valence-corrected chi connectivity index (χ2v) is 8.11. The molecule has 0 spiro atoms. The van der Waals surface area contributed by atoms with E-state index in [1.807, 2.05) is 0 Å². The van der Waals surface area contributed by atoms with E-state index in [-0.39, 0.29) is 11.8 Å². The van der Waals surface area contributed by atoms with Gasteiger partial charge in [0, 0.05) is 11.8 Å². The molecule has 1 aliphatic rings. The van der Waals surface area contributed by atoms with E-state index in [0.29, 0.717) is 0 Å². The van der Waals surface area contributed by atoms with Gasteiger partial charge in [-0.2, -0.15) is 11.8 Å². The topological polar surface area (TPSA) is 83.5 Å². The first kappa shape index (κ1) is 16.5. The summed E-state index contributed by atoms with van der Waals surface area (Å²) in [4.78, 5) is 10.5. The highest BCUT2D eigenvalue weighted by molar-refractivity contribution is 8.00. The van der Waals surface area contributed by atoms with Crippen molar-refractivity contribution >= 4 is 39.4 Å². The minimum atomic E-state index is -3.97. The van der Waals surface area contributed by atoms with Gasteiger partial charge in [0.15, 0.2) is 0 Å². The number of rotatable bonds is 5. The molecule has 5 nitrogen and oxygen atoms in total. The number of halogens is 2. The number of hydrogen-bond donors (Lipinski definition) is 2. The first-order valence-corrected chi connectivity index (χ1v) is 9.06. The maximum atomic E-state index is 13.6. The number of carbonyl (C=O) groups is 1. The number of hydrogen-bond acceptors (Lipinski definition) is 4. The van der Waals surface area contributed by atoms with Crippen molar-refractivity contribution in [2.45, 2.75) is 23.0 Å². The van der Waals surface area contributed by atoms with E-state index in [2.05, 4.69) is 4.72 Å². The van der Waals surface area contributed by atoms with E-state index in [4.69, 9.17) is 16.7 Å². The molecule has 2 N–H and O–H groups in total. The Morgan fingerprint density at radius 2 is 2.24 bits per heavy atom. The van der Waals surface area contributed by atoms with Gasteiger partial charge < -0.3 is 5.11 Å². The zero-order valence-corrected chi connectivity index (χ0v) is 13.2. The largest absolute Gasteiger partial charge is 0.478 e. The molecule has 1 unspecified atom stereocenters. The molecular weight excluding hydrogens is 341 g/mol. The lowest BCUT2D eigenvalue weighted by Crippen LogP contribution is -2.30. The summed E-state index contributed by atoms with van der Waals surface area (Å²) in [6.45, 7) is 0.236. The Bertz CT molecular complexity index is 659. The summed E-state index contributed by atoms with van der Waals surface area (Å²) < 4.78 is 40.2. The molecule has 1 heterocycles. The highest BCUT2D eigenvalue weighted by Gasteiger charge is 2.23. The van der Waals surface area contributed by atoms with Gasteiger partial charge in [-0.25, -0.2) is 22.3 Å². The molecule has 21 heavy (non-hydrogen) atoms. The number of carboxylic acids is 1. The van der Waals surface area contributed by atoms with E-state index in [0.717, 1.165) is 30.7 Å². The summed E-state index contributed by atoms with van der Waals surface area (Å²) in [5.41, 5.74) is -0.577. The quantitative estimate of drug-likeness (QED) is 0.849. The fraction of sp³-hybridized carbons (Fsp3) is 0.417. The van der Waals surface area contributed by atoms with Gasteiger partial charge in [-0.15, -0.1) is 0 Å². The van der Waals surface area contributed by atoms with Crippen LogP contribution in [0.4, 0.5) is 4.39 Å². The molecule has 1 fully saturated rings. The highest BCUT2D eigenvalue weighted by atomic mass is 35.5. The van der Waals surface area contributed by atoms with Crippen LogP contribution < -0.4 is 4.72 Å². The summed E-state index contributed by atoms with van der Waals surface area (Å²) in [7, 11) is -3.97. The van der Waals surface area contributed by atoms with Gasteiger partial charge in [0.05, 0.1) is 15.5 Å². The van der Waals surface area contributed by atoms with Crippen LogP contribution in [-0.4, -0.2) is 37.0 Å². The fourth-order valence-electron chi connectivity index (χ4n) is 1.97. The molecule has 1 aromatic carbocycles. The SMILES string of the molecule is O=C(O)c1cc(S(=O)(=O)NCC2CCCS2)cc(F)c1Cl. The molecule has 9 heteroatoms. The molecule has 0 bridgehead atoms. The third-order valence-corrected chi connectivity index (χ3v) is 6.25. The Morgan fingerprint density at radius 3 is 2.81 bits per heavy atom. The number of carboxylic acid groups (broad SMARTS) is 1. The van der Waals surface area contributed by atoms with Crippen molar-refractivity contribution in [3.63, 3.8) is 0 Å². The second-order valence-electron chi connectivity index (χ2n) is 4.56.